The van der Waals surface area contributed by atoms with Gasteiger partial charge in [0, 0.05) is 25.2 Å². The lowest BCUT2D eigenvalue weighted by Gasteiger charge is -2.39. The molecule has 0 aromatic rings. The molecule has 0 bridgehead atoms. The molecule has 13 heavy (non-hydrogen) atoms. The minimum Gasteiger partial charge on any atom is -0.309 e. The summed E-state index contributed by atoms with van der Waals surface area (Å²) in [4.78, 5) is 2.46. The number of hydrogen-bond donors (Lipinski definition) is 1. The van der Waals surface area contributed by atoms with E-state index in [1.54, 1.807) is 0 Å². The van der Waals surface area contributed by atoms with Crippen LogP contribution >= 0.6 is 24.8 Å². The summed E-state index contributed by atoms with van der Waals surface area (Å²) in [6.45, 7) is 3.69. The molecule has 4 heteroatoms. The van der Waals surface area contributed by atoms with Gasteiger partial charge in [0.1, 0.15) is 0 Å². The molecular formula is C9H20Cl2N2. The number of hydrogen-bond acceptors (Lipinski definition) is 2. The van der Waals surface area contributed by atoms with Gasteiger partial charge >= 0.3 is 0 Å². The maximum absolute atomic E-state index is 3.68. The summed E-state index contributed by atoms with van der Waals surface area (Å²) in [6, 6.07) is 0. The predicted octanol–water partition coefficient (Wildman–Crippen LogP) is 1.68. The normalized spacial score (nSPS) is 26.5. The van der Waals surface area contributed by atoms with Crippen LogP contribution < -0.4 is 5.32 Å². The molecule has 2 fully saturated rings. The summed E-state index contributed by atoms with van der Waals surface area (Å²) in [5.74, 6) is 0. The second kappa shape index (κ2) is 5.40. The molecular weight excluding hydrogens is 207 g/mol. The van der Waals surface area contributed by atoms with Gasteiger partial charge in [-0.1, -0.05) is 12.8 Å². The van der Waals surface area contributed by atoms with Crippen molar-refractivity contribution in [1.82, 2.24) is 10.2 Å². The standard InChI is InChI=1S/C9H18N2.2ClH/c1-11-7-6-10-9(8-11)4-2-3-5-9;;/h10H,2-8H2,1H3;2*1H. The molecule has 0 radical (unpaired) electrons. The highest BCUT2D eigenvalue weighted by molar-refractivity contribution is 5.85. The smallest absolute Gasteiger partial charge is 0.0309 e. The van der Waals surface area contributed by atoms with E-state index in [0.717, 1.165) is 0 Å². The SMILES string of the molecule is CN1CCNC2(CCCC2)C1.Cl.Cl. The zero-order valence-corrected chi connectivity index (χ0v) is 9.85. The van der Waals surface area contributed by atoms with E-state index in [0.29, 0.717) is 5.54 Å². The van der Waals surface area contributed by atoms with Crippen molar-refractivity contribution in [2.45, 2.75) is 31.2 Å². The van der Waals surface area contributed by atoms with E-state index in [1.807, 2.05) is 0 Å². The second-order valence-electron chi connectivity index (χ2n) is 4.15. The van der Waals surface area contributed by atoms with Crippen molar-refractivity contribution in [3.63, 3.8) is 0 Å². The maximum Gasteiger partial charge on any atom is 0.0309 e. The molecule has 1 aliphatic carbocycles. The van der Waals surface area contributed by atoms with Crippen molar-refractivity contribution in [1.29, 1.82) is 0 Å². The summed E-state index contributed by atoms with van der Waals surface area (Å²) >= 11 is 0. The number of nitrogens with one attached hydrogen (secondary N) is 1. The van der Waals surface area contributed by atoms with Crippen molar-refractivity contribution < 1.29 is 0 Å². The van der Waals surface area contributed by atoms with Crippen molar-refractivity contribution in [3.8, 4) is 0 Å². The Morgan fingerprint density at radius 1 is 1.15 bits per heavy atom. The van der Waals surface area contributed by atoms with Crippen LogP contribution in [-0.4, -0.2) is 37.1 Å². The van der Waals surface area contributed by atoms with E-state index in [1.165, 1.54) is 45.3 Å². The van der Waals surface area contributed by atoms with Crippen LogP contribution in [-0.2, 0) is 0 Å². The van der Waals surface area contributed by atoms with Crippen LogP contribution in [0.2, 0.25) is 0 Å². The van der Waals surface area contributed by atoms with Crippen molar-refractivity contribution >= 4 is 24.8 Å². The quantitative estimate of drug-likeness (QED) is 0.677. The minimum absolute atomic E-state index is 0. The van der Waals surface area contributed by atoms with Gasteiger partial charge in [0.2, 0.25) is 0 Å². The van der Waals surface area contributed by atoms with Gasteiger partial charge in [-0.25, -0.2) is 0 Å². The average Bonchev–Trinajstić information content (AvgIpc) is 2.37. The van der Waals surface area contributed by atoms with Crippen LogP contribution in [0.4, 0.5) is 0 Å². The molecule has 1 saturated heterocycles. The van der Waals surface area contributed by atoms with Crippen LogP contribution in [0.1, 0.15) is 25.7 Å². The second-order valence-corrected chi connectivity index (χ2v) is 4.15. The number of halogens is 2. The van der Waals surface area contributed by atoms with Gasteiger partial charge in [-0.3, -0.25) is 0 Å². The fraction of sp³-hybridized carbons (Fsp3) is 1.00. The van der Waals surface area contributed by atoms with Crippen molar-refractivity contribution in [2.75, 3.05) is 26.7 Å². The summed E-state index contributed by atoms with van der Waals surface area (Å²) in [5, 5.41) is 3.68. The Balaban J connectivity index is 0.000000720. The first-order valence-corrected chi connectivity index (χ1v) is 4.74. The number of rotatable bonds is 0. The lowest BCUT2D eigenvalue weighted by molar-refractivity contribution is 0.161. The summed E-state index contributed by atoms with van der Waals surface area (Å²) < 4.78 is 0. The van der Waals surface area contributed by atoms with Gasteiger partial charge < -0.3 is 10.2 Å². The Morgan fingerprint density at radius 3 is 2.31 bits per heavy atom. The summed E-state index contributed by atoms with van der Waals surface area (Å²) in [5.41, 5.74) is 0.521. The molecule has 1 N–H and O–H groups in total. The van der Waals surface area contributed by atoms with Crippen molar-refractivity contribution in [3.05, 3.63) is 0 Å². The maximum atomic E-state index is 3.68. The Bertz CT molecular complexity index is 147. The number of likely N-dealkylation sites (N-methyl/N-ethyl adjacent to an activating group) is 1. The molecule has 0 aromatic carbocycles. The molecule has 2 aliphatic rings. The molecule has 1 saturated carbocycles. The first kappa shape index (κ1) is 13.5. The third-order valence-electron chi connectivity index (χ3n) is 3.13. The van der Waals surface area contributed by atoms with Gasteiger partial charge in [0.25, 0.3) is 0 Å². The van der Waals surface area contributed by atoms with Crippen LogP contribution in [0, 0.1) is 0 Å². The number of nitrogens with zero attached hydrogens (tertiary/aromatic N) is 1. The molecule has 0 atom stereocenters. The van der Waals surface area contributed by atoms with E-state index in [-0.39, 0.29) is 24.8 Å². The lowest BCUT2D eigenvalue weighted by Crippen LogP contribution is -2.57. The molecule has 0 amide bonds. The Hall–Kier alpha value is 0.500. The fourth-order valence-electron chi connectivity index (χ4n) is 2.55. The molecule has 1 spiro atoms. The molecule has 2 nitrogen and oxygen atoms in total. The van der Waals surface area contributed by atoms with E-state index in [2.05, 4.69) is 17.3 Å². The third kappa shape index (κ3) is 2.98. The van der Waals surface area contributed by atoms with Gasteiger partial charge in [-0.2, -0.15) is 0 Å². The summed E-state index contributed by atoms with van der Waals surface area (Å²) in [6.07, 6.45) is 5.66. The van der Waals surface area contributed by atoms with E-state index in [4.69, 9.17) is 0 Å². The molecule has 0 unspecified atom stereocenters. The van der Waals surface area contributed by atoms with Gasteiger partial charge in [0.15, 0.2) is 0 Å². The fourth-order valence-corrected chi connectivity index (χ4v) is 2.55. The average molecular weight is 227 g/mol. The summed E-state index contributed by atoms with van der Waals surface area (Å²) in [7, 11) is 2.24. The van der Waals surface area contributed by atoms with Crippen LogP contribution in [0.25, 0.3) is 0 Å². The Kier molecular flexibility index (Phi) is 5.61. The van der Waals surface area contributed by atoms with Crippen LogP contribution in [0.5, 0.6) is 0 Å². The Morgan fingerprint density at radius 2 is 1.77 bits per heavy atom. The Labute approximate surface area is 93.3 Å². The molecule has 1 heterocycles. The van der Waals surface area contributed by atoms with Gasteiger partial charge in [0.05, 0.1) is 0 Å². The zero-order valence-electron chi connectivity index (χ0n) is 8.21. The first-order valence-electron chi connectivity index (χ1n) is 4.74. The number of piperazine rings is 1. The molecule has 2 rings (SSSR count). The predicted molar refractivity (Wildman–Crippen MR) is 61.2 cm³/mol. The largest absolute Gasteiger partial charge is 0.309 e. The van der Waals surface area contributed by atoms with Crippen molar-refractivity contribution in [2.24, 2.45) is 0 Å². The zero-order chi connectivity index (χ0) is 7.73. The molecule has 1 aliphatic heterocycles. The van der Waals surface area contributed by atoms with E-state index < -0.39 is 0 Å². The molecule has 80 valence electrons. The monoisotopic (exact) mass is 226 g/mol. The van der Waals surface area contributed by atoms with Gasteiger partial charge in [-0.05, 0) is 19.9 Å². The third-order valence-corrected chi connectivity index (χ3v) is 3.13. The lowest BCUT2D eigenvalue weighted by atomic mass is 9.95. The minimum atomic E-state index is 0. The molecule has 0 aromatic heterocycles. The van der Waals surface area contributed by atoms with Crippen LogP contribution in [0.3, 0.4) is 0 Å². The van der Waals surface area contributed by atoms with Gasteiger partial charge in [-0.15, -0.1) is 24.8 Å². The van der Waals surface area contributed by atoms with E-state index in [9.17, 15) is 0 Å². The highest BCUT2D eigenvalue weighted by Crippen LogP contribution is 2.31. The first-order chi connectivity index (χ1) is 5.31. The van der Waals surface area contributed by atoms with E-state index >= 15 is 0 Å². The highest BCUT2D eigenvalue weighted by Gasteiger charge is 2.36. The topological polar surface area (TPSA) is 15.3 Å². The highest BCUT2D eigenvalue weighted by atomic mass is 35.5. The van der Waals surface area contributed by atoms with Crippen LogP contribution in [0.15, 0.2) is 0 Å².